The van der Waals surface area contributed by atoms with Gasteiger partial charge in [0.25, 0.3) is 0 Å². The van der Waals surface area contributed by atoms with E-state index < -0.39 is 0 Å². The highest BCUT2D eigenvalue weighted by molar-refractivity contribution is 4.83. The molecule has 2 unspecified atom stereocenters. The molecular weight excluding hydrogens is 188 g/mol. The van der Waals surface area contributed by atoms with Crippen LogP contribution in [0.3, 0.4) is 0 Å². The van der Waals surface area contributed by atoms with Crippen LogP contribution in [-0.4, -0.2) is 48.3 Å². The normalized spacial score (nSPS) is 32.8. The summed E-state index contributed by atoms with van der Waals surface area (Å²) in [5.41, 5.74) is 0. The van der Waals surface area contributed by atoms with E-state index in [-0.39, 0.29) is 6.10 Å². The number of hydrogen-bond donors (Lipinski definition) is 2. The van der Waals surface area contributed by atoms with Crippen LogP contribution < -0.4 is 5.32 Å². The van der Waals surface area contributed by atoms with E-state index in [9.17, 15) is 5.11 Å². The minimum Gasteiger partial charge on any atom is -0.393 e. The van der Waals surface area contributed by atoms with E-state index in [1.165, 1.54) is 51.9 Å². The van der Waals surface area contributed by atoms with Gasteiger partial charge in [0.15, 0.2) is 0 Å². The summed E-state index contributed by atoms with van der Waals surface area (Å²) in [4.78, 5) is 2.62. The number of nitrogens with one attached hydrogen (secondary N) is 1. The van der Waals surface area contributed by atoms with E-state index in [1.54, 1.807) is 0 Å². The average molecular weight is 212 g/mol. The van der Waals surface area contributed by atoms with E-state index in [0.717, 1.165) is 6.04 Å². The molecule has 3 nitrogen and oxygen atoms in total. The van der Waals surface area contributed by atoms with Crippen molar-refractivity contribution in [3.05, 3.63) is 0 Å². The highest BCUT2D eigenvalue weighted by Crippen LogP contribution is 2.23. The van der Waals surface area contributed by atoms with Crippen LogP contribution in [0.15, 0.2) is 0 Å². The molecule has 0 spiro atoms. The van der Waals surface area contributed by atoms with Gasteiger partial charge < -0.3 is 10.4 Å². The molecule has 2 heterocycles. The lowest BCUT2D eigenvalue weighted by Crippen LogP contribution is -2.49. The average Bonchev–Trinajstić information content (AvgIpc) is 2.30. The molecule has 88 valence electrons. The lowest BCUT2D eigenvalue weighted by molar-refractivity contribution is 0.0504. The van der Waals surface area contributed by atoms with Gasteiger partial charge in [-0.2, -0.15) is 0 Å². The maximum atomic E-state index is 9.54. The molecule has 2 N–H and O–H groups in total. The van der Waals surface area contributed by atoms with Crippen molar-refractivity contribution in [2.24, 2.45) is 5.92 Å². The minimum atomic E-state index is -0.114. The summed E-state index contributed by atoms with van der Waals surface area (Å²) in [6.07, 6.45) is 4.91. The first-order valence-corrected chi connectivity index (χ1v) is 6.40. The van der Waals surface area contributed by atoms with Crippen molar-refractivity contribution in [2.75, 3.05) is 26.2 Å². The van der Waals surface area contributed by atoms with Gasteiger partial charge in [-0.15, -0.1) is 0 Å². The van der Waals surface area contributed by atoms with Gasteiger partial charge in [-0.3, -0.25) is 4.90 Å². The van der Waals surface area contributed by atoms with Crippen LogP contribution in [0.1, 0.15) is 32.6 Å². The highest BCUT2D eigenvalue weighted by atomic mass is 16.3. The zero-order valence-corrected chi connectivity index (χ0v) is 9.78. The van der Waals surface area contributed by atoms with Crippen molar-refractivity contribution in [3.8, 4) is 0 Å². The number of rotatable bonds is 2. The van der Waals surface area contributed by atoms with Gasteiger partial charge in [-0.05, 0) is 58.2 Å². The lowest BCUT2D eigenvalue weighted by atomic mass is 9.90. The third kappa shape index (κ3) is 2.92. The van der Waals surface area contributed by atoms with Crippen molar-refractivity contribution in [2.45, 2.75) is 44.8 Å². The second kappa shape index (κ2) is 5.28. The summed E-state index contributed by atoms with van der Waals surface area (Å²) in [5.74, 6) is 0.540. The van der Waals surface area contributed by atoms with Gasteiger partial charge in [0, 0.05) is 12.6 Å². The summed E-state index contributed by atoms with van der Waals surface area (Å²) in [6, 6.07) is 0.758. The molecule has 0 bridgehead atoms. The molecule has 2 saturated heterocycles. The number of nitrogens with zero attached hydrogens (tertiary/aromatic N) is 1. The topological polar surface area (TPSA) is 35.5 Å². The first kappa shape index (κ1) is 11.4. The minimum absolute atomic E-state index is 0.114. The number of piperidine rings is 2. The predicted octanol–water partition coefficient (Wildman–Crippen LogP) is 0.831. The van der Waals surface area contributed by atoms with Crippen molar-refractivity contribution in [1.29, 1.82) is 0 Å². The van der Waals surface area contributed by atoms with Gasteiger partial charge in [-0.25, -0.2) is 0 Å². The fourth-order valence-corrected chi connectivity index (χ4v) is 2.91. The number of likely N-dealkylation sites (tertiary alicyclic amines) is 1. The standard InChI is InChI=1S/C12H24N2O/c1-10(15)11-4-7-14(8-5-11)12-3-2-6-13-9-12/h10-13,15H,2-9H2,1H3. The zero-order chi connectivity index (χ0) is 10.7. The van der Waals surface area contributed by atoms with Gasteiger partial charge in [0.2, 0.25) is 0 Å². The Morgan fingerprint density at radius 1 is 1.27 bits per heavy atom. The molecule has 2 atom stereocenters. The van der Waals surface area contributed by atoms with Crippen molar-refractivity contribution < 1.29 is 5.11 Å². The maximum Gasteiger partial charge on any atom is 0.0541 e. The van der Waals surface area contributed by atoms with E-state index in [1.807, 2.05) is 6.92 Å². The number of hydrogen-bond acceptors (Lipinski definition) is 3. The van der Waals surface area contributed by atoms with Gasteiger partial charge >= 0.3 is 0 Å². The van der Waals surface area contributed by atoms with E-state index in [0.29, 0.717) is 5.92 Å². The highest BCUT2D eigenvalue weighted by Gasteiger charge is 2.27. The molecule has 0 saturated carbocycles. The molecule has 2 aliphatic heterocycles. The Labute approximate surface area is 92.8 Å². The SMILES string of the molecule is CC(O)C1CCN(C2CCCNC2)CC1. The molecule has 2 aliphatic rings. The number of aliphatic hydroxyl groups is 1. The summed E-state index contributed by atoms with van der Waals surface area (Å²) in [5, 5.41) is 13.0. The molecule has 2 fully saturated rings. The molecule has 0 aliphatic carbocycles. The van der Waals surface area contributed by atoms with Crippen LogP contribution in [-0.2, 0) is 0 Å². The Bertz CT molecular complexity index is 182. The lowest BCUT2D eigenvalue weighted by Gasteiger charge is -2.40. The van der Waals surface area contributed by atoms with Gasteiger partial charge in [0.1, 0.15) is 0 Å². The molecular formula is C12H24N2O. The first-order valence-electron chi connectivity index (χ1n) is 6.40. The second-order valence-corrected chi connectivity index (χ2v) is 5.11. The first-order chi connectivity index (χ1) is 7.27. The van der Waals surface area contributed by atoms with E-state index in [4.69, 9.17) is 0 Å². The zero-order valence-electron chi connectivity index (χ0n) is 9.78. The fourth-order valence-electron chi connectivity index (χ4n) is 2.91. The molecule has 0 amide bonds. The van der Waals surface area contributed by atoms with Crippen LogP contribution in [0, 0.1) is 5.92 Å². The Morgan fingerprint density at radius 2 is 2.00 bits per heavy atom. The summed E-state index contributed by atoms with van der Waals surface area (Å²) >= 11 is 0. The third-order valence-corrected chi connectivity index (χ3v) is 4.04. The molecule has 2 rings (SSSR count). The molecule has 0 aromatic carbocycles. The third-order valence-electron chi connectivity index (χ3n) is 4.04. The monoisotopic (exact) mass is 212 g/mol. The van der Waals surface area contributed by atoms with Crippen LogP contribution in [0.2, 0.25) is 0 Å². The smallest absolute Gasteiger partial charge is 0.0541 e. The van der Waals surface area contributed by atoms with Crippen molar-refractivity contribution in [1.82, 2.24) is 10.2 Å². The van der Waals surface area contributed by atoms with Gasteiger partial charge in [0.05, 0.1) is 6.10 Å². The van der Waals surface area contributed by atoms with E-state index in [2.05, 4.69) is 10.2 Å². The molecule has 0 aromatic heterocycles. The summed E-state index contributed by atoms with van der Waals surface area (Å²) < 4.78 is 0. The van der Waals surface area contributed by atoms with E-state index >= 15 is 0 Å². The molecule has 0 aromatic rings. The summed E-state index contributed by atoms with van der Waals surface area (Å²) in [7, 11) is 0. The maximum absolute atomic E-state index is 9.54. The van der Waals surface area contributed by atoms with Crippen LogP contribution in [0.5, 0.6) is 0 Å². The largest absolute Gasteiger partial charge is 0.393 e. The van der Waals surface area contributed by atoms with Crippen LogP contribution in [0.25, 0.3) is 0 Å². The van der Waals surface area contributed by atoms with Gasteiger partial charge in [-0.1, -0.05) is 0 Å². The second-order valence-electron chi connectivity index (χ2n) is 5.11. The van der Waals surface area contributed by atoms with Crippen molar-refractivity contribution >= 4 is 0 Å². The summed E-state index contributed by atoms with van der Waals surface area (Å²) in [6.45, 7) is 6.66. The Hall–Kier alpha value is -0.120. The van der Waals surface area contributed by atoms with Crippen molar-refractivity contribution in [3.63, 3.8) is 0 Å². The fraction of sp³-hybridized carbons (Fsp3) is 1.00. The van der Waals surface area contributed by atoms with Crippen LogP contribution >= 0.6 is 0 Å². The Kier molecular flexibility index (Phi) is 4.00. The Balaban J connectivity index is 1.77. The molecule has 3 heteroatoms. The predicted molar refractivity (Wildman–Crippen MR) is 61.9 cm³/mol. The molecule has 15 heavy (non-hydrogen) atoms. The Morgan fingerprint density at radius 3 is 2.53 bits per heavy atom. The quantitative estimate of drug-likeness (QED) is 0.712. The number of aliphatic hydroxyl groups excluding tert-OH is 1. The molecule has 0 radical (unpaired) electrons. The van der Waals surface area contributed by atoms with Crippen LogP contribution in [0.4, 0.5) is 0 Å².